The van der Waals surface area contributed by atoms with Crippen molar-refractivity contribution < 1.29 is 0 Å². The van der Waals surface area contributed by atoms with Gasteiger partial charge in [0.1, 0.15) is 0 Å². The van der Waals surface area contributed by atoms with Crippen molar-refractivity contribution in [1.29, 1.82) is 0 Å². The fourth-order valence-electron chi connectivity index (χ4n) is 6.57. The van der Waals surface area contributed by atoms with Crippen molar-refractivity contribution in [3.63, 3.8) is 0 Å². The summed E-state index contributed by atoms with van der Waals surface area (Å²) in [6.07, 6.45) is 6.20. The average Bonchev–Trinajstić information content (AvgIpc) is 3.25. The minimum Gasteiger partial charge on any atom is -0.0682 e. The quantitative estimate of drug-likeness (QED) is 0.292. The maximum absolute atomic E-state index is 2.61. The molecule has 0 saturated carbocycles. The van der Waals surface area contributed by atoms with E-state index in [4.69, 9.17) is 0 Å². The second-order valence-corrected chi connectivity index (χ2v) is 12.1. The van der Waals surface area contributed by atoms with Gasteiger partial charge in [-0.1, -0.05) is 96.1 Å². The molecule has 0 bridgehead atoms. The van der Waals surface area contributed by atoms with Crippen LogP contribution in [-0.2, 0) is 24.7 Å². The second-order valence-electron chi connectivity index (χ2n) is 12.1. The summed E-state index contributed by atoms with van der Waals surface area (Å²) < 4.78 is 0. The molecule has 6 rings (SSSR count). The van der Waals surface area contributed by atoms with E-state index in [1.807, 2.05) is 0 Å². The lowest BCUT2D eigenvalue weighted by Gasteiger charge is -2.37. The van der Waals surface area contributed by atoms with Crippen LogP contribution in [0.3, 0.4) is 0 Å². The number of hydrogen-bond donors (Lipinski definition) is 0. The third kappa shape index (κ3) is 2.68. The standard InChI is InChI=1S/C32H34/c1-31(2,3)27-18-26(21-13-9-10-14-23(21)27)29-24-16-15-22(24)25-17-19-11-7-8-12-20(19)28(25)30(29)32(4,5)6/h7-14,18,26H,15-17H2,1-6H3. The van der Waals surface area contributed by atoms with Gasteiger partial charge in [-0.15, -0.1) is 0 Å². The Hall–Kier alpha value is -2.60. The molecule has 3 aromatic rings. The molecule has 0 heteroatoms. The molecule has 0 N–H and O–H groups in total. The van der Waals surface area contributed by atoms with Crippen molar-refractivity contribution in [2.24, 2.45) is 5.41 Å². The minimum absolute atomic E-state index is 0.0920. The van der Waals surface area contributed by atoms with E-state index in [0.717, 1.165) is 6.42 Å². The van der Waals surface area contributed by atoms with Crippen LogP contribution in [0.25, 0.3) is 16.7 Å². The van der Waals surface area contributed by atoms with Crippen molar-refractivity contribution in [2.45, 2.75) is 72.1 Å². The highest BCUT2D eigenvalue weighted by Gasteiger charge is 2.41. The normalized spacial score (nSPS) is 18.4. The Kier molecular flexibility index (Phi) is 4.05. The number of benzene rings is 3. The molecule has 0 radical (unpaired) electrons. The minimum atomic E-state index is 0.0920. The summed E-state index contributed by atoms with van der Waals surface area (Å²) >= 11 is 0. The smallest absolute Gasteiger partial charge is 0.0287 e. The van der Waals surface area contributed by atoms with Gasteiger partial charge in [-0.2, -0.15) is 0 Å². The molecule has 0 nitrogen and oxygen atoms in total. The van der Waals surface area contributed by atoms with Gasteiger partial charge in [0.05, 0.1) is 0 Å². The first kappa shape index (κ1) is 20.0. The molecule has 0 heterocycles. The Morgan fingerprint density at radius 2 is 1.34 bits per heavy atom. The van der Waals surface area contributed by atoms with Crippen LogP contribution >= 0.6 is 0 Å². The average molecular weight is 419 g/mol. The van der Waals surface area contributed by atoms with Crippen LogP contribution in [0.2, 0.25) is 0 Å². The molecule has 3 aliphatic carbocycles. The van der Waals surface area contributed by atoms with E-state index in [0.29, 0.717) is 5.92 Å². The maximum Gasteiger partial charge on any atom is 0.0287 e. The highest BCUT2D eigenvalue weighted by molar-refractivity contribution is 5.87. The second kappa shape index (κ2) is 6.47. The lowest BCUT2D eigenvalue weighted by molar-refractivity contribution is 0.567. The molecule has 32 heavy (non-hydrogen) atoms. The van der Waals surface area contributed by atoms with E-state index in [1.165, 1.54) is 40.7 Å². The fourth-order valence-corrected chi connectivity index (χ4v) is 6.57. The summed E-state index contributed by atoms with van der Waals surface area (Å²) in [5, 5.41) is 0. The predicted octanol–water partition coefficient (Wildman–Crippen LogP) is 8.23. The predicted molar refractivity (Wildman–Crippen MR) is 137 cm³/mol. The first-order valence-electron chi connectivity index (χ1n) is 12.3. The number of hydrogen-bond acceptors (Lipinski definition) is 0. The number of fused-ring (bicyclic) bond motifs is 6. The lowest BCUT2D eigenvalue weighted by atomic mass is 9.67. The van der Waals surface area contributed by atoms with Gasteiger partial charge in [-0.05, 0) is 91.3 Å². The van der Waals surface area contributed by atoms with Crippen LogP contribution in [0, 0.1) is 5.41 Å². The zero-order chi connectivity index (χ0) is 22.4. The molecule has 0 spiro atoms. The van der Waals surface area contributed by atoms with Crippen LogP contribution in [0.5, 0.6) is 0 Å². The van der Waals surface area contributed by atoms with Gasteiger partial charge in [0.2, 0.25) is 0 Å². The van der Waals surface area contributed by atoms with Gasteiger partial charge >= 0.3 is 0 Å². The summed E-state index contributed by atoms with van der Waals surface area (Å²) in [5.74, 6) is 0.363. The maximum atomic E-state index is 2.61. The van der Waals surface area contributed by atoms with E-state index < -0.39 is 0 Å². The number of rotatable bonds is 1. The van der Waals surface area contributed by atoms with Crippen LogP contribution in [0.15, 0.2) is 54.6 Å². The Morgan fingerprint density at radius 1 is 0.688 bits per heavy atom. The molecular weight excluding hydrogens is 384 g/mol. The lowest BCUT2D eigenvalue weighted by Crippen LogP contribution is -2.25. The Labute approximate surface area is 193 Å². The molecular formula is C32H34. The third-order valence-electron chi connectivity index (χ3n) is 7.94. The van der Waals surface area contributed by atoms with E-state index in [-0.39, 0.29) is 10.8 Å². The third-order valence-corrected chi connectivity index (χ3v) is 7.94. The van der Waals surface area contributed by atoms with Crippen LogP contribution < -0.4 is 0 Å². The van der Waals surface area contributed by atoms with Gasteiger partial charge in [0.15, 0.2) is 0 Å². The Morgan fingerprint density at radius 3 is 2.00 bits per heavy atom. The van der Waals surface area contributed by atoms with Crippen LogP contribution in [-0.4, -0.2) is 0 Å². The molecule has 3 aliphatic rings. The Bertz CT molecular complexity index is 1300. The van der Waals surface area contributed by atoms with Crippen molar-refractivity contribution in [3.8, 4) is 11.1 Å². The highest BCUT2D eigenvalue weighted by Crippen LogP contribution is 2.56. The molecule has 0 fully saturated rings. The van der Waals surface area contributed by atoms with Crippen molar-refractivity contribution in [3.05, 3.63) is 99.1 Å². The summed E-state index contributed by atoms with van der Waals surface area (Å²) in [4.78, 5) is 0. The van der Waals surface area contributed by atoms with E-state index >= 15 is 0 Å². The van der Waals surface area contributed by atoms with Crippen molar-refractivity contribution >= 4 is 5.57 Å². The van der Waals surface area contributed by atoms with Gasteiger partial charge < -0.3 is 0 Å². The molecule has 162 valence electrons. The monoisotopic (exact) mass is 418 g/mol. The SMILES string of the molecule is CC(C)(C)C1=CC(c2c3c(c4c(c2C(C)(C)C)-c2ccccc2C4)CC3)c2ccccc21. The molecule has 1 atom stereocenters. The summed E-state index contributed by atoms with van der Waals surface area (Å²) in [6.45, 7) is 14.4. The van der Waals surface area contributed by atoms with E-state index in [1.54, 1.807) is 33.4 Å². The molecule has 0 saturated heterocycles. The first-order valence-corrected chi connectivity index (χ1v) is 12.3. The van der Waals surface area contributed by atoms with Crippen molar-refractivity contribution in [2.75, 3.05) is 0 Å². The van der Waals surface area contributed by atoms with Crippen LogP contribution in [0.1, 0.15) is 92.0 Å². The molecule has 0 aliphatic heterocycles. The summed E-state index contributed by atoms with van der Waals surface area (Å²) in [6, 6.07) is 18.3. The zero-order valence-corrected chi connectivity index (χ0v) is 20.4. The molecule has 3 aromatic carbocycles. The van der Waals surface area contributed by atoms with Crippen LogP contribution in [0.4, 0.5) is 0 Å². The van der Waals surface area contributed by atoms with Gasteiger partial charge in [0, 0.05) is 5.92 Å². The Balaban J connectivity index is 1.70. The summed E-state index contributed by atoms with van der Waals surface area (Å²) in [5.41, 5.74) is 17.4. The number of allylic oxidation sites excluding steroid dienone is 2. The zero-order valence-electron chi connectivity index (χ0n) is 20.4. The largest absolute Gasteiger partial charge is 0.0682 e. The van der Waals surface area contributed by atoms with E-state index in [9.17, 15) is 0 Å². The summed E-state index contributed by atoms with van der Waals surface area (Å²) in [7, 11) is 0. The topological polar surface area (TPSA) is 0 Å². The van der Waals surface area contributed by atoms with E-state index in [2.05, 4.69) is 96.1 Å². The molecule has 0 amide bonds. The van der Waals surface area contributed by atoms with Gasteiger partial charge in [-0.25, -0.2) is 0 Å². The highest BCUT2D eigenvalue weighted by atomic mass is 14.4. The van der Waals surface area contributed by atoms with Crippen molar-refractivity contribution in [1.82, 2.24) is 0 Å². The fraction of sp³-hybridized carbons (Fsp3) is 0.375. The molecule has 0 aromatic heterocycles. The van der Waals surface area contributed by atoms with Gasteiger partial charge in [0.25, 0.3) is 0 Å². The van der Waals surface area contributed by atoms with Gasteiger partial charge in [-0.3, -0.25) is 0 Å². The first-order chi connectivity index (χ1) is 15.2. The molecule has 1 unspecified atom stereocenters.